The van der Waals surface area contributed by atoms with Crippen LogP contribution >= 0.6 is 35.3 Å². The van der Waals surface area contributed by atoms with Crippen molar-refractivity contribution >= 4 is 47.1 Å². The molecular formula is C20H31IN6S. The Bertz CT molecular complexity index is 770. The quantitative estimate of drug-likeness (QED) is 0.347. The molecule has 2 N–H and O–H groups in total. The smallest absolute Gasteiger partial charge is 0.191 e. The molecule has 1 saturated heterocycles. The number of aryl methyl sites for hydroxylation is 2. The van der Waals surface area contributed by atoms with Crippen LogP contribution in [-0.2, 0) is 13.1 Å². The number of hydrogen-bond donors (Lipinski definition) is 2. The lowest BCUT2D eigenvalue weighted by molar-refractivity contribution is 0.573. The lowest BCUT2D eigenvalue weighted by atomic mass is 10.1. The van der Waals surface area contributed by atoms with Crippen molar-refractivity contribution in [1.29, 1.82) is 0 Å². The normalized spacial score (nSPS) is 14.5. The average molecular weight is 514 g/mol. The van der Waals surface area contributed by atoms with Crippen molar-refractivity contribution in [2.75, 3.05) is 24.5 Å². The topological polar surface area (TPSA) is 65.4 Å². The van der Waals surface area contributed by atoms with Crippen molar-refractivity contribution in [3.8, 4) is 0 Å². The van der Waals surface area contributed by atoms with Crippen LogP contribution in [0.2, 0.25) is 0 Å². The summed E-state index contributed by atoms with van der Waals surface area (Å²) in [7, 11) is 0. The van der Waals surface area contributed by atoms with Crippen LogP contribution in [0.1, 0.15) is 47.3 Å². The van der Waals surface area contributed by atoms with Gasteiger partial charge in [0.2, 0.25) is 0 Å². The minimum Gasteiger partial charge on any atom is -0.357 e. The summed E-state index contributed by atoms with van der Waals surface area (Å²) < 4.78 is 0. The van der Waals surface area contributed by atoms with Crippen LogP contribution in [0.5, 0.6) is 0 Å². The van der Waals surface area contributed by atoms with E-state index in [0.717, 1.165) is 48.7 Å². The molecule has 0 amide bonds. The molecule has 2 aromatic heterocycles. The van der Waals surface area contributed by atoms with Gasteiger partial charge in [0.25, 0.3) is 0 Å². The van der Waals surface area contributed by atoms with Gasteiger partial charge in [0, 0.05) is 30.7 Å². The molecule has 0 saturated carbocycles. The van der Waals surface area contributed by atoms with Crippen LogP contribution in [0.3, 0.4) is 0 Å². The molecule has 3 rings (SSSR count). The fraction of sp³-hybridized carbons (Fsp3) is 0.550. The molecule has 0 unspecified atom stereocenters. The Balaban J connectivity index is 0.00000280. The van der Waals surface area contributed by atoms with E-state index in [1.807, 2.05) is 13.1 Å². The second-order valence-corrected chi connectivity index (χ2v) is 8.15. The molecule has 0 atom stereocenters. The van der Waals surface area contributed by atoms with Gasteiger partial charge in [-0.2, -0.15) is 0 Å². The van der Waals surface area contributed by atoms with Crippen LogP contribution in [0.4, 0.5) is 5.82 Å². The Kier molecular flexibility index (Phi) is 9.43. The lowest BCUT2D eigenvalue weighted by Gasteiger charge is -2.27. The van der Waals surface area contributed by atoms with Gasteiger partial charge in [-0.1, -0.05) is 0 Å². The molecule has 8 heteroatoms. The average Bonchev–Trinajstić information content (AvgIpc) is 3.02. The number of aromatic nitrogens is 2. The number of guanidine groups is 1. The van der Waals surface area contributed by atoms with Crippen LogP contribution in [0, 0.1) is 13.8 Å². The maximum absolute atomic E-state index is 4.75. The summed E-state index contributed by atoms with van der Waals surface area (Å²) in [5.74, 6) is 1.91. The number of aliphatic imine (C=N–C) groups is 1. The molecule has 0 aromatic carbocycles. The Morgan fingerprint density at radius 1 is 1.21 bits per heavy atom. The molecule has 0 spiro atoms. The van der Waals surface area contributed by atoms with E-state index in [1.54, 1.807) is 11.3 Å². The first-order valence-corrected chi connectivity index (χ1v) is 10.6. The Labute approximate surface area is 189 Å². The molecule has 0 radical (unpaired) electrons. The summed E-state index contributed by atoms with van der Waals surface area (Å²) in [6.07, 6.45) is 5.75. The lowest BCUT2D eigenvalue weighted by Crippen LogP contribution is -2.36. The highest BCUT2D eigenvalue weighted by Crippen LogP contribution is 2.19. The van der Waals surface area contributed by atoms with Gasteiger partial charge in [-0.25, -0.2) is 15.0 Å². The van der Waals surface area contributed by atoms with Crippen LogP contribution < -0.4 is 15.5 Å². The number of piperidine rings is 1. The van der Waals surface area contributed by atoms with E-state index in [-0.39, 0.29) is 24.0 Å². The highest BCUT2D eigenvalue weighted by Gasteiger charge is 2.12. The molecular weight excluding hydrogens is 483 g/mol. The summed E-state index contributed by atoms with van der Waals surface area (Å²) >= 11 is 1.74. The molecule has 6 nitrogen and oxygen atoms in total. The third-order valence-corrected chi connectivity index (χ3v) is 5.74. The van der Waals surface area contributed by atoms with Gasteiger partial charge < -0.3 is 15.5 Å². The molecule has 154 valence electrons. The molecule has 3 heterocycles. The zero-order valence-electron chi connectivity index (χ0n) is 17.0. The van der Waals surface area contributed by atoms with Crippen LogP contribution in [-0.4, -0.2) is 35.6 Å². The van der Waals surface area contributed by atoms with Crippen molar-refractivity contribution in [2.24, 2.45) is 4.99 Å². The fourth-order valence-electron chi connectivity index (χ4n) is 3.27. The second kappa shape index (κ2) is 11.5. The van der Waals surface area contributed by atoms with Gasteiger partial charge in [0.05, 0.1) is 23.8 Å². The number of nitrogens with zero attached hydrogens (tertiary/aromatic N) is 4. The summed E-state index contributed by atoms with van der Waals surface area (Å²) in [6.45, 7) is 10.6. The first kappa shape index (κ1) is 22.9. The standard InChI is InChI=1S/C20H30N6S.HI/c1-4-21-20(24-14-18-15(2)25-16(3)27-18)23-13-17-8-9-22-19(12-17)26-10-6-5-7-11-26;/h8-9,12H,4-7,10-11,13-14H2,1-3H3,(H2,21,23,24);1H. The van der Waals surface area contributed by atoms with Gasteiger partial charge in [-0.15, -0.1) is 35.3 Å². The van der Waals surface area contributed by atoms with Gasteiger partial charge in [-0.05, 0) is 57.7 Å². The number of thiazole rings is 1. The first-order valence-electron chi connectivity index (χ1n) is 9.80. The van der Waals surface area contributed by atoms with Crippen LogP contribution in [0.25, 0.3) is 0 Å². The zero-order chi connectivity index (χ0) is 19.1. The summed E-state index contributed by atoms with van der Waals surface area (Å²) in [4.78, 5) is 17.4. The van der Waals surface area contributed by atoms with Crippen molar-refractivity contribution in [1.82, 2.24) is 20.6 Å². The maximum atomic E-state index is 4.75. The van der Waals surface area contributed by atoms with Gasteiger partial charge >= 0.3 is 0 Å². The first-order chi connectivity index (χ1) is 13.2. The monoisotopic (exact) mass is 514 g/mol. The summed E-state index contributed by atoms with van der Waals surface area (Å²) in [5.41, 5.74) is 2.29. The minimum absolute atomic E-state index is 0. The predicted octanol–water partition coefficient (Wildman–Crippen LogP) is 4.02. The highest BCUT2D eigenvalue weighted by molar-refractivity contribution is 14.0. The fourth-order valence-corrected chi connectivity index (χ4v) is 4.15. The Morgan fingerprint density at radius 2 is 2.00 bits per heavy atom. The van der Waals surface area contributed by atoms with E-state index < -0.39 is 0 Å². The number of nitrogens with one attached hydrogen (secondary N) is 2. The van der Waals surface area contributed by atoms with Crippen molar-refractivity contribution in [3.05, 3.63) is 39.5 Å². The molecule has 2 aromatic rings. The van der Waals surface area contributed by atoms with E-state index in [1.165, 1.54) is 29.7 Å². The number of pyridine rings is 1. The molecule has 0 bridgehead atoms. The van der Waals surface area contributed by atoms with Crippen molar-refractivity contribution < 1.29 is 0 Å². The third-order valence-electron chi connectivity index (χ3n) is 4.67. The van der Waals surface area contributed by atoms with E-state index >= 15 is 0 Å². The Hall–Kier alpha value is -1.42. The van der Waals surface area contributed by atoms with E-state index in [9.17, 15) is 0 Å². The van der Waals surface area contributed by atoms with Crippen molar-refractivity contribution in [2.45, 2.75) is 53.1 Å². The predicted molar refractivity (Wildman–Crippen MR) is 129 cm³/mol. The number of anilines is 1. The molecule has 1 fully saturated rings. The van der Waals surface area contributed by atoms with Crippen molar-refractivity contribution in [3.63, 3.8) is 0 Å². The Morgan fingerprint density at radius 3 is 2.68 bits per heavy atom. The van der Waals surface area contributed by atoms with Gasteiger partial charge in [0.15, 0.2) is 5.96 Å². The van der Waals surface area contributed by atoms with Crippen LogP contribution in [0.15, 0.2) is 23.3 Å². The minimum atomic E-state index is 0. The molecule has 28 heavy (non-hydrogen) atoms. The molecule has 1 aliphatic heterocycles. The summed E-state index contributed by atoms with van der Waals surface area (Å²) in [6, 6.07) is 4.23. The second-order valence-electron chi connectivity index (χ2n) is 6.86. The number of halogens is 1. The van der Waals surface area contributed by atoms with E-state index in [0.29, 0.717) is 6.54 Å². The van der Waals surface area contributed by atoms with Gasteiger partial charge in [-0.3, -0.25) is 0 Å². The highest BCUT2D eigenvalue weighted by atomic mass is 127. The molecule has 0 aliphatic carbocycles. The van der Waals surface area contributed by atoms with Gasteiger partial charge in [0.1, 0.15) is 5.82 Å². The zero-order valence-corrected chi connectivity index (χ0v) is 20.1. The SMILES string of the molecule is CCNC(=NCc1ccnc(N2CCCCC2)c1)NCc1sc(C)nc1C.I. The number of hydrogen-bond acceptors (Lipinski definition) is 5. The molecule has 1 aliphatic rings. The third kappa shape index (κ3) is 6.58. The van der Waals surface area contributed by atoms with E-state index in [2.05, 4.69) is 51.5 Å². The largest absolute Gasteiger partial charge is 0.357 e. The summed E-state index contributed by atoms with van der Waals surface area (Å²) in [5, 5.41) is 7.85. The van der Waals surface area contributed by atoms with E-state index in [4.69, 9.17) is 4.99 Å². The number of rotatable bonds is 6. The maximum Gasteiger partial charge on any atom is 0.191 e.